The van der Waals surface area contributed by atoms with Gasteiger partial charge >= 0.3 is 12.1 Å². The van der Waals surface area contributed by atoms with Crippen molar-refractivity contribution in [2.75, 3.05) is 0 Å². The van der Waals surface area contributed by atoms with E-state index in [2.05, 4.69) is 14.7 Å². The number of carbonyl (C=O) groups excluding carboxylic acids is 1. The zero-order chi connectivity index (χ0) is 14.0. The molecule has 0 aliphatic rings. The first-order valence-corrected chi connectivity index (χ1v) is 5.36. The molecule has 0 saturated carbocycles. The lowest BCUT2D eigenvalue weighted by Crippen LogP contribution is -2.04. The van der Waals surface area contributed by atoms with Crippen LogP contribution in [0.5, 0.6) is 0 Å². The van der Waals surface area contributed by atoms with Crippen LogP contribution in [0.4, 0.5) is 13.2 Å². The normalized spacial score (nSPS) is 11.6. The summed E-state index contributed by atoms with van der Waals surface area (Å²) in [5, 5.41) is 3.27. The van der Waals surface area contributed by atoms with Gasteiger partial charge in [0.05, 0.1) is 0 Å². The van der Waals surface area contributed by atoms with Crippen LogP contribution in [-0.4, -0.2) is 15.9 Å². The van der Waals surface area contributed by atoms with Crippen LogP contribution in [-0.2, 0) is 17.4 Å². The van der Waals surface area contributed by atoms with Crippen LogP contribution < -0.4 is 0 Å². The molecule has 0 saturated heterocycles. The van der Waals surface area contributed by atoms with Crippen molar-refractivity contribution in [2.45, 2.75) is 19.5 Å². The molecule has 0 radical (unpaired) electrons. The van der Waals surface area contributed by atoms with Crippen LogP contribution in [0, 0.1) is 0 Å². The number of rotatable bonds is 3. The van der Waals surface area contributed by atoms with Gasteiger partial charge in [0.2, 0.25) is 5.82 Å². The van der Waals surface area contributed by atoms with E-state index in [1.807, 2.05) is 0 Å². The first kappa shape index (κ1) is 13.3. The van der Waals surface area contributed by atoms with Crippen molar-refractivity contribution < 1.29 is 22.5 Å². The van der Waals surface area contributed by atoms with E-state index >= 15 is 0 Å². The smallest absolute Gasteiger partial charge is 0.329 e. The summed E-state index contributed by atoms with van der Waals surface area (Å²) in [6.07, 6.45) is -4.37. The molecule has 0 spiro atoms. The number of Topliss-reactive ketones (excluding diaryl/α,β-unsaturated/α-hetero) is 1. The first-order valence-electron chi connectivity index (χ1n) is 5.36. The first-order chi connectivity index (χ1) is 8.86. The van der Waals surface area contributed by atoms with Gasteiger partial charge in [-0.25, -0.2) is 0 Å². The molecule has 1 heterocycles. The fourth-order valence-corrected chi connectivity index (χ4v) is 1.51. The summed E-state index contributed by atoms with van der Waals surface area (Å²) in [7, 11) is 0. The maximum atomic E-state index is 12.3. The van der Waals surface area contributed by atoms with Gasteiger partial charge < -0.3 is 4.52 Å². The van der Waals surface area contributed by atoms with Gasteiger partial charge in [-0.3, -0.25) is 4.79 Å². The Labute approximate surface area is 106 Å². The highest BCUT2D eigenvalue weighted by Crippen LogP contribution is 2.29. The van der Waals surface area contributed by atoms with Crippen LogP contribution in [0.1, 0.15) is 18.4 Å². The minimum Gasteiger partial charge on any atom is -0.329 e. The van der Waals surface area contributed by atoms with Gasteiger partial charge in [-0.05, 0) is 12.5 Å². The van der Waals surface area contributed by atoms with E-state index in [0.29, 0.717) is 5.56 Å². The fraction of sp³-hybridized carbons (Fsp3) is 0.250. The van der Waals surface area contributed by atoms with Crippen LogP contribution in [0.2, 0.25) is 0 Å². The predicted octanol–water partition coefficient (Wildman–Crippen LogP) is 2.89. The quantitative estimate of drug-likeness (QED) is 0.860. The Hall–Kier alpha value is -2.18. The average molecular weight is 270 g/mol. The molecule has 0 unspecified atom stereocenters. The number of nitrogens with zero attached hydrogens (tertiary/aromatic N) is 2. The van der Waals surface area contributed by atoms with Crippen LogP contribution >= 0.6 is 0 Å². The van der Waals surface area contributed by atoms with E-state index in [1.165, 1.54) is 6.92 Å². The standard InChI is InChI=1S/C12H9F3N2O2/c1-7(18)6-8-2-4-9(5-3-8)10-16-11(19-17-10)12(13,14)15/h2-5H,6H2,1H3. The largest absolute Gasteiger partial charge is 0.471 e. The molecule has 0 fully saturated rings. The Morgan fingerprint density at radius 3 is 2.37 bits per heavy atom. The van der Waals surface area contributed by atoms with Crippen molar-refractivity contribution in [2.24, 2.45) is 0 Å². The molecule has 0 aliphatic carbocycles. The molecule has 2 aromatic rings. The third kappa shape index (κ3) is 3.18. The average Bonchev–Trinajstić information content (AvgIpc) is 2.78. The highest BCUT2D eigenvalue weighted by atomic mass is 19.4. The molecule has 0 atom stereocenters. The number of halogens is 3. The molecule has 2 rings (SSSR count). The third-order valence-electron chi connectivity index (χ3n) is 2.33. The molecule has 0 bridgehead atoms. The van der Waals surface area contributed by atoms with Crippen LogP contribution in [0.25, 0.3) is 11.4 Å². The molecule has 0 N–H and O–H groups in total. The third-order valence-corrected chi connectivity index (χ3v) is 2.33. The SMILES string of the molecule is CC(=O)Cc1ccc(-c2noc(C(F)(F)F)n2)cc1. The number of benzene rings is 1. The van der Waals surface area contributed by atoms with Gasteiger partial charge in [0, 0.05) is 12.0 Å². The number of hydrogen-bond donors (Lipinski definition) is 0. The Kier molecular flexibility index (Phi) is 3.37. The van der Waals surface area contributed by atoms with Crippen molar-refractivity contribution in [3.05, 3.63) is 35.7 Å². The summed E-state index contributed by atoms with van der Waals surface area (Å²) >= 11 is 0. The lowest BCUT2D eigenvalue weighted by Gasteiger charge is -1.99. The van der Waals surface area contributed by atoms with E-state index in [-0.39, 0.29) is 18.0 Å². The maximum absolute atomic E-state index is 12.3. The molecule has 1 aromatic heterocycles. The molecule has 1 aromatic carbocycles. The number of alkyl halides is 3. The monoisotopic (exact) mass is 270 g/mol. The van der Waals surface area contributed by atoms with Crippen molar-refractivity contribution in [1.29, 1.82) is 0 Å². The molecular weight excluding hydrogens is 261 g/mol. The molecule has 0 aliphatic heterocycles. The summed E-state index contributed by atoms with van der Waals surface area (Å²) in [6, 6.07) is 6.37. The summed E-state index contributed by atoms with van der Waals surface area (Å²) < 4.78 is 41.0. The summed E-state index contributed by atoms with van der Waals surface area (Å²) in [4.78, 5) is 14.2. The highest BCUT2D eigenvalue weighted by Gasteiger charge is 2.38. The van der Waals surface area contributed by atoms with Gasteiger partial charge in [-0.15, -0.1) is 0 Å². The highest BCUT2D eigenvalue weighted by molar-refractivity contribution is 5.78. The molecule has 100 valence electrons. The van der Waals surface area contributed by atoms with Gasteiger partial charge in [0.25, 0.3) is 0 Å². The van der Waals surface area contributed by atoms with Crippen molar-refractivity contribution >= 4 is 5.78 Å². The van der Waals surface area contributed by atoms with Crippen molar-refractivity contribution in [1.82, 2.24) is 10.1 Å². The molecule has 7 heteroatoms. The van der Waals surface area contributed by atoms with Crippen LogP contribution in [0.3, 0.4) is 0 Å². The van der Waals surface area contributed by atoms with Crippen molar-refractivity contribution in [3.8, 4) is 11.4 Å². The predicted molar refractivity (Wildman–Crippen MR) is 59.1 cm³/mol. The number of ketones is 1. The second kappa shape index (κ2) is 4.83. The Morgan fingerprint density at radius 2 is 1.89 bits per heavy atom. The van der Waals surface area contributed by atoms with Crippen LogP contribution in [0.15, 0.2) is 28.8 Å². The fourth-order valence-electron chi connectivity index (χ4n) is 1.51. The van der Waals surface area contributed by atoms with Gasteiger partial charge in [-0.1, -0.05) is 29.4 Å². The molecule has 19 heavy (non-hydrogen) atoms. The number of aromatic nitrogens is 2. The second-order valence-electron chi connectivity index (χ2n) is 4.00. The lowest BCUT2D eigenvalue weighted by atomic mass is 10.1. The van der Waals surface area contributed by atoms with Gasteiger partial charge in [0.15, 0.2) is 0 Å². The van der Waals surface area contributed by atoms with Gasteiger partial charge in [-0.2, -0.15) is 18.2 Å². The molecular formula is C12H9F3N2O2. The Morgan fingerprint density at radius 1 is 1.26 bits per heavy atom. The Bertz CT molecular complexity index is 588. The van der Waals surface area contributed by atoms with E-state index in [1.54, 1.807) is 24.3 Å². The summed E-state index contributed by atoms with van der Waals surface area (Å²) in [5.74, 6) is -1.51. The van der Waals surface area contributed by atoms with E-state index < -0.39 is 12.1 Å². The van der Waals surface area contributed by atoms with E-state index in [0.717, 1.165) is 5.56 Å². The molecule has 4 nitrogen and oxygen atoms in total. The van der Waals surface area contributed by atoms with E-state index in [9.17, 15) is 18.0 Å². The number of hydrogen-bond acceptors (Lipinski definition) is 4. The maximum Gasteiger partial charge on any atom is 0.471 e. The Balaban J connectivity index is 2.23. The number of carbonyl (C=O) groups is 1. The summed E-state index contributed by atoms with van der Waals surface area (Å²) in [5.41, 5.74) is 1.17. The van der Waals surface area contributed by atoms with E-state index in [4.69, 9.17) is 0 Å². The lowest BCUT2D eigenvalue weighted by molar-refractivity contribution is -0.159. The minimum atomic E-state index is -4.65. The van der Waals surface area contributed by atoms with Gasteiger partial charge in [0.1, 0.15) is 5.78 Å². The van der Waals surface area contributed by atoms with Crippen molar-refractivity contribution in [3.63, 3.8) is 0 Å². The minimum absolute atomic E-state index is 0.00617. The zero-order valence-electron chi connectivity index (χ0n) is 9.86. The molecule has 0 amide bonds. The second-order valence-corrected chi connectivity index (χ2v) is 4.00. The topological polar surface area (TPSA) is 56.0 Å². The zero-order valence-corrected chi connectivity index (χ0v) is 9.86. The summed E-state index contributed by atoms with van der Waals surface area (Å²) in [6.45, 7) is 1.46.